The molecule has 0 saturated carbocycles. The van der Waals surface area contributed by atoms with Gasteiger partial charge in [-0.2, -0.15) is 10.2 Å². The number of carboxylic acids is 2. The molecular weight excluding hydrogens is 506 g/mol. The molecule has 4 rings (SSSR count). The smallest absolute Gasteiger partial charge is 0.339 e. The molecule has 0 fully saturated rings. The molecule has 0 aromatic heterocycles. The summed E-state index contributed by atoms with van der Waals surface area (Å²) >= 11 is 0. The standard InChI is InChI=1S/C20H16N4O4.C7H7NO3/c21-13-3-7-14(8-4-13)22-19(26)12-1-5-15(6-2-12)23-24-16-9-10-18(25)17(11-16)20(27)28;8-4-1-2-6(9)5(3-4)7(10)11/h1-11,25H,21H2,(H,22,26)(H,27,28);1-3,9H,8H2,(H,10,11). The van der Waals surface area contributed by atoms with E-state index in [0.29, 0.717) is 28.3 Å². The minimum absolute atomic E-state index is 0.176. The number of nitrogens with two attached hydrogens (primary N) is 2. The Morgan fingerprint density at radius 1 is 0.615 bits per heavy atom. The number of nitrogens with one attached hydrogen (secondary N) is 1. The summed E-state index contributed by atoms with van der Waals surface area (Å²) < 4.78 is 0. The van der Waals surface area contributed by atoms with Gasteiger partial charge in [0.25, 0.3) is 5.91 Å². The van der Waals surface area contributed by atoms with E-state index in [1.54, 1.807) is 48.5 Å². The van der Waals surface area contributed by atoms with Gasteiger partial charge in [0.2, 0.25) is 0 Å². The third-order valence-corrected chi connectivity index (χ3v) is 5.04. The number of amides is 1. The van der Waals surface area contributed by atoms with Gasteiger partial charge in [0.15, 0.2) is 0 Å². The predicted octanol–water partition coefficient (Wildman–Crippen LogP) is 5.01. The summed E-state index contributed by atoms with van der Waals surface area (Å²) in [6, 6.07) is 21.0. The van der Waals surface area contributed by atoms with Gasteiger partial charge >= 0.3 is 11.9 Å². The molecule has 198 valence electrons. The number of azo groups is 1. The van der Waals surface area contributed by atoms with E-state index in [0.717, 1.165) is 0 Å². The second-order valence-corrected chi connectivity index (χ2v) is 7.91. The zero-order valence-electron chi connectivity index (χ0n) is 20.1. The number of carboxylic acid groups (broad SMARTS) is 2. The van der Waals surface area contributed by atoms with Crippen molar-refractivity contribution in [3.8, 4) is 11.5 Å². The quantitative estimate of drug-likeness (QED) is 0.101. The summed E-state index contributed by atoms with van der Waals surface area (Å²) in [6.45, 7) is 0. The molecule has 0 unspecified atom stereocenters. The summed E-state index contributed by atoms with van der Waals surface area (Å²) in [5, 5.41) is 46.7. The average molecular weight is 530 g/mol. The Hall–Kier alpha value is -5.91. The molecule has 9 N–H and O–H groups in total. The van der Waals surface area contributed by atoms with Gasteiger partial charge in [-0.1, -0.05) is 0 Å². The Bertz CT molecular complexity index is 1540. The highest BCUT2D eigenvalue weighted by Gasteiger charge is 2.10. The molecular formula is C27H23N5O7. The number of benzene rings is 4. The van der Waals surface area contributed by atoms with Crippen molar-refractivity contribution < 1.29 is 34.8 Å². The molecule has 12 nitrogen and oxygen atoms in total. The summed E-state index contributed by atoms with van der Waals surface area (Å²) in [5.41, 5.74) is 13.2. The minimum Gasteiger partial charge on any atom is -0.507 e. The maximum Gasteiger partial charge on any atom is 0.339 e. The minimum atomic E-state index is -1.26. The van der Waals surface area contributed by atoms with Gasteiger partial charge in [0, 0.05) is 22.6 Å². The van der Waals surface area contributed by atoms with Gasteiger partial charge in [0.05, 0.1) is 11.4 Å². The van der Waals surface area contributed by atoms with Crippen LogP contribution in [0.3, 0.4) is 0 Å². The molecule has 0 saturated heterocycles. The van der Waals surface area contributed by atoms with E-state index in [-0.39, 0.29) is 34.2 Å². The monoisotopic (exact) mass is 529 g/mol. The summed E-state index contributed by atoms with van der Waals surface area (Å²) in [5.74, 6) is -3.34. The molecule has 39 heavy (non-hydrogen) atoms. The van der Waals surface area contributed by atoms with Crippen LogP contribution >= 0.6 is 0 Å². The molecule has 0 aliphatic carbocycles. The summed E-state index contributed by atoms with van der Waals surface area (Å²) in [6.07, 6.45) is 0. The van der Waals surface area contributed by atoms with Crippen LogP contribution < -0.4 is 16.8 Å². The van der Waals surface area contributed by atoms with E-state index in [4.69, 9.17) is 26.8 Å². The highest BCUT2D eigenvalue weighted by atomic mass is 16.4. The molecule has 0 spiro atoms. The first-order valence-electron chi connectivity index (χ1n) is 11.1. The fraction of sp³-hybridized carbons (Fsp3) is 0. The van der Waals surface area contributed by atoms with E-state index >= 15 is 0 Å². The molecule has 4 aromatic rings. The molecule has 0 aliphatic heterocycles. The van der Waals surface area contributed by atoms with Crippen molar-refractivity contribution in [2.45, 2.75) is 0 Å². The number of aromatic hydroxyl groups is 2. The van der Waals surface area contributed by atoms with E-state index in [1.807, 2.05) is 0 Å². The lowest BCUT2D eigenvalue weighted by molar-refractivity contribution is 0.0682. The normalized spacial score (nSPS) is 10.4. The van der Waals surface area contributed by atoms with Crippen molar-refractivity contribution in [1.29, 1.82) is 0 Å². The van der Waals surface area contributed by atoms with Crippen LogP contribution in [0.4, 0.5) is 28.4 Å². The number of hydrogen-bond donors (Lipinski definition) is 7. The largest absolute Gasteiger partial charge is 0.507 e. The second-order valence-electron chi connectivity index (χ2n) is 7.91. The van der Waals surface area contributed by atoms with E-state index < -0.39 is 11.9 Å². The van der Waals surface area contributed by atoms with Gasteiger partial charge in [-0.05, 0) is 84.9 Å². The molecule has 0 atom stereocenters. The van der Waals surface area contributed by atoms with Crippen molar-refractivity contribution in [3.05, 3.63) is 102 Å². The Labute approximate surface area is 221 Å². The third-order valence-electron chi connectivity index (χ3n) is 5.04. The Morgan fingerprint density at radius 2 is 1.10 bits per heavy atom. The number of carbonyl (C=O) groups is 3. The summed E-state index contributed by atoms with van der Waals surface area (Å²) in [7, 11) is 0. The lowest BCUT2D eigenvalue weighted by atomic mass is 10.2. The van der Waals surface area contributed by atoms with Crippen LogP contribution in [-0.4, -0.2) is 38.3 Å². The van der Waals surface area contributed by atoms with Crippen molar-refractivity contribution in [3.63, 3.8) is 0 Å². The maximum absolute atomic E-state index is 12.2. The third kappa shape index (κ3) is 7.79. The van der Waals surface area contributed by atoms with E-state index in [9.17, 15) is 19.5 Å². The van der Waals surface area contributed by atoms with Crippen molar-refractivity contribution in [2.24, 2.45) is 10.2 Å². The average Bonchev–Trinajstić information content (AvgIpc) is 2.91. The number of anilines is 3. The molecule has 12 heteroatoms. The highest BCUT2D eigenvalue weighted by Crippen LogP contribution is 2.25. The van der Waals surface area contributed by atoms with Crippen LogP contribution in [-0.2, 0) is 0 Å². The van der Waals surface area contributed by atoms with Crippen LogP contribution in [0, 0.1) is 0 Å². The van der Waals surface area contributed by atoms with E-state index in [1.165, 1.54) is 36.4 Å². The Balaban J connectivity index is 0.000000320. The lowest BCUT2D eigenvalue weighted by Crippen LogP contribution is -2.11. The van der Waals surface area contributed by atoms with Gasteiger partial charge < -0.3 is 37.2 Å². The Kier molecular flexibility index (Phi) is 8.77. The number of phenols is 2. The summed E-state index contributed by atoms with van der Waals surface area (Å²) in [4.78, 5) is 33.6. The van der Waals surface area contributed by atoms with Gasteiger partial charge in [-0.25, -0.2) is 9.59 Å². The molecule has 0 bridgehead atoms. The van der Waals surface area contributed by atoms with Crippen LogP contribution in [0.1, 0.15) is 31.1 Å². The van der Waals surface area contributed by atoms with Crippen molar-refractivity contribution in [1.82, 2.24) is 0 Å². The molecule has 1 amide bonds. The zero-order chi connectivity index (χ0) is 28.5. The highest BCUT2D eigenvalue weighted by molar-refractivity contribution is 6.04. The lowest BCUT2D eigenvalue weighted by Gasteiger charge is -2.05. The van der Waals surface area contributed by atoms with Gasteiger partial charge in [-0.15, -0.1) is 0 Å². The topological polar surface area (TPSA) is 221 Å². The van der Waals surface area contributed by atoms with Crippen molar-refractivity contribution in [2.75, 3.05) is 16.8 Å². The van der Waals surface area contributed by atoms with Crippen LogP contribution in [0.15, 0.2) is 95.2 Å². The van der Waals surface area contributed by atoms with E-state index in [2.05, 4.69) is 15.5 Å². The Morgan fingerprint density at radius 3 is 1.67 bits per heavy atom. The maximum atomic E-state index is 12.2. The number of nitrogens with zero attached hydrogens (tertiary/aromatic N) is 2. The number of carbonyl (C=O) groups excluding carboxylic acids is 1. The SMILES string of the molecule is Nc1ccc(NC(=O)c2ccc(N=Nc3ccc(O)c(C(=O)O)c3)cc2)cc1.Nc1ccc(O)c(C(=O)O)c1. The molecule has 0 heterocycles. The first-order valence-corrected chi connectivity index (χ1v) is 11.1. The number of rotatable bonds is 6. The van der Waals surface area contributed by atoms with Crippen LogP contribution in [0.5, 0.6) is 11.5 Å². The number of nitrogen functional groups attached to an aromatic ring is 2. The second kappa shape index (κ2) is 12.4. The van der Waals surface area contributed by atoms with Gasteiger partial charge in [-0.3, -0.25) is 4.79 Å². The number of aromatic carboxylic acids is 2. The van der Waals surface area contributed by atoms with Crippen LogP contribution in [0.25, 0.3) is 0 Å². The van der Waals surface area contributed by atoms with Gasteiger partial charge in [0.1, 0.15) is 22.6 Å². The van der Waals surface area contributed by atoms with Crippen LogP contribution in [0.2, 0.25) is 0 Å². The molecule has 4 aromatic carbocycles. The predicted molar refractivity (Wildman–Crippen MR) is 144 cm³/mol. The van der Waals surface area contributed by atoms with Crippen molar-refractivity contribution >= 4 is 46.3 Å². The fourth-order valence-electron chi connectivity index (χ4n) is 3.05. The first kappa shape index (κ1) is 27.7. The molecule has 0 radical (unpaired) electrons. The number of hydrogen-bond acceptors (Lipinski definition) is 9. The fourth-order valence-corrected chi connectivity index (χ4v) is 3.05. The first-order chi connectivity index (χ1) is 18.5. The molecule has 0 aliphatic rings. The zero-order valence-corrected chi connectivity index (χ0v) is 20.1.